The van der Waals surface area contributed by atoms with Crippen molar-refractivity contribution in [2.45, 2.75) is 58.1 Å². The highest BCUT2D eigenvalue weighted by Crippen LogP contribution is 2.38. The number of fused-ring (bicyclic) bond motifs is 2. The molecule has 0 aliphatic carbocycles. The van der Waals surface area contributed by atoms with Crippen molar-refractivity contribution >= 4 is 0 Å². The van der Waals surface area contributed by atoms with Gasteiger partial charge in [-0.25, -0.2) is 0 Å². The van der Waals surface area contributed by atoms with E-state index in [0.717, 1.165) is 43.1 Å². The number of benzene rings is 2. The van der Waals surface area contributed by atoms with E-state index in [4.69, 9.17) is 14.2 Å². The molecule has 1 N–H and O–H groups in total. The van der Waals surface area contributed by atoms with E-state index in [1.807, 2.05) is 6.07 Å². The van der Waals surface area contributed by atoms with Crippen LogP contribution in [0.2, 0.25) is 0 Å². The first-order valence-corrected chi connectivity index (χ1v) is 10.5. The number of aryl methyl sites for hydroxylation is 1. The Morgan fingerprint density at radius 1 is 1.00 bits per heavy atom. The zero-order valence-electron chi connectivity index (χ0n) is 17.1. The summed E-state index contributed by atoms with van der Waals surface area (Å²) >= 11 is 0. The van der Waals surface area contributed by atoms with Crippen molar-refractivity contribution in [1.82, 2.24) is 5.32 Å². The fourth-order valence-corrected chi connectivity index (χ4v) is 4.07. The van der Waals surface area contributed by atoms with Crippen LogP contribution in [0.3, 0.4) is 0 Å². The van der Waals surface area contributed by atoms with Crippen LogP contribution >= 0.6 is 0 Å². The van der Waals surface area contributed by atoms with E-state index in [0.29, 0.717) is 30.8 Å². The number of para-hydroxylation sites is 1. The molecule has 0 radical (unpaired) electrons. The molecule has 0 amide bonds. The van der Waals surface area contributed by atoms with Crippen molar-refractivity contribution in [1.29, 1.82) is 0 Å². The summed E-state index contributed by atoms with van der Waals surface area (Å²) in [7, 11) is 0. The molecule has 2 heterocycles. The van der Waals surface area contributed by atoms with Gasteiger partial charge in [0.15, 0.2) is 11.5 Å². The Kier molecular flexibility index (Phi) is 5.77. The molecule has 0 fully saturated rings. The lowest BCUT2D eigenvalue weighted by atomic mass is 9.86. The number of rotatable bonds is 7. The highest BCUT2D eigenvalue weighted by molar-refractivity contribution is 5.44. The predicted octanol–water partition coefficient (Wildman–Crippen LogP) is 4.92. The lowest BCUT2D eigenvalue weighted by Crippen LogP contribution is -2.37. The third kappa shape index (κ3) is 4.27. The maximum atomic E-state index is 6.22. The van der Waals surface area contributed by atoms with Gasteiger partial charge in [0.05, 0.1) is 0 Å². The summed E-state index contributed by atoms with van der Waals surface area (Å²) < 4.78 is 17.1. The summed E-state index contributed by atoms with van der Waals surface area (Å²) in [5.41, 5.74) is 2.64. The molecule has 0 bridgehead atoms. The lowest BCUT2D eigenvalue weighted by molar-refractivity contribution is 0.113. The number of hydrogen-bond donors (Lipinski definition) is 1. The van der Waals surface area contributed by atoms with E-state index >= 15 is 0 Å². The van der Waals surface area contributed by atoms with Gasteiger partial charge in [0, 0.05) is 18.5 Å². The Morgan fingerprint density at radius 2 is 1.82 bits per heavy atom. The van der Waals surface area contributed by atoms with Crippen LogP contribution < -0.4 is 19.5 Å². The Morgan fingerprint density at radius 3 is 2.68 bits per heavy atom. The van der Waals surface area contributed by atoms with Crippen LogP contribution in [-0.2, 0) is 6.42 Å². The molecular weight excluding hydrogens is 350 g/mol. The molecule has 4 heteroatoms. The second-order valence-electron chi connectivity index (χ2n) is 8.41. The molecule has 4 nitrogen and oxygen atoms in total. The molecule has 2 aromatic carbocycles. The molecule has 0 aromatic heterocycles. The third-order valence-corrected chi connectivity index (χ3v) is 5.91. The smallest absolute Gasteiger partial charge is 0.231 e. The maximum Gasteiger partial charge on any atom is 0.231 e. The summed E-state index contributed by atoms with van der Waals surface area (Å²) in [6.07, 6.45) is 3.50. The van der Waals surface area contributed by atoms with Crippen molar-refractivity contribution in [3.63, 3.8) is 0 Å². The first kappa shape index (κ1) is 19.1. The Labute approximate surface area is 168 Å². The molecule has 0 saturated heterocycles. The highest BCUT2D eigenvalue weighted by Gasteiger charge is 2.29. The van der Waals surface area contributed by atoms with E-state index in [-0.39, 0.29) is 0 Å². The van der Waals surface area contributed by atoms with Crippen LogP contribution in [0.5, 0.6) is 17.2 Å². The molecule has 150 valence electrons. The molecule has 3 atom stereocenters. The minimum atomic E-state index is 0.297. The van der Waals surface area contributed by atoms with Crippen molar-refractivity contribution < 1.29 is 14.2 Å². The van der Waals surface area contributed by atoms with Crippen molar-refractivity contribution in [2.75, 3.05) is 13.3 Å². The van der Waals surface area contributed by atoms with Gasteiger partial charge in [-0.3, -0.25) is 0 Å². The van der Waals surface area contributed by atoms with Gasteiger partial charge >= 0.3 is 0 Å². The summed E-state index contributed by atoms with van der Waals surface area (Å²) in [6.45, 7) is 8.10. The van der Waals surface area contributed by atoms with E-state index in [1.54, 1.807) is 0 Å². The average Bonchev–Trinajstić information content (AvgIpc) is 3.18. The summed E-state index contributed by atoms with van der Waals surface area (Å²) in [6, 6.07) is 15.2. The number of nitrogens with one attached hydrogen (secondary N) is 1. The Bertz CT molecular complexity index is 804. The summed E-state index contributed by atoms with van der Waals surface area (Å²) in [5.74, 6) is 3.82. The first-order valence-electron chi connectivity index (χ1n) is 10.5. The lowest BCUT2D eigenvalue weighted by Gasteiger charge is -2.35. The van der Waals surface area contributed by atoms with Gasteiger partial charge in [-0.2, -0.15) is 0 Å². The zero-order chi connectivity index (χ0) is 19.5. The van der Waals surface area contributed by atoms with Gasteiger partial charge in [-0.15, -0.1) is 0 Å². The number of ether oxygens (including phenoxy) is 3. The highest BCUT2D eigenvalue weighted by atomic mass is 16.7. The summed E-state index contributed by atoms with van der Waals surface area (Å²) in [4.78, 5) is 0. The standard InChI is InChI=1S/C24H31NO3/c1-16(2)23-13-19(20-6-4-5-7-21(20)28-23)14-25-17(3)8-9-18-10-11-22-24(12-18)27-15-26-22/h4-7,10-12,16-17,19,23,25H,8-9,13-15H2,1-3H3. The van der Waals surface area contributed by atoms with Gasteiger partial charge < -0.3 is 19.5 Å². The zero-order valence-corrected chi connectivity index (χ0v) is 17.1. The second kappa shape index (κ2) is 8.44. The van der Waals surface area contributed by atoms with Crippen molar-refractivity contribution in [3.8, 4) is 17.2 Å². The average molecular weight is 382 g/mol. The molecule has 0 spiro atoms. The Balaban J connectivity index is 1.32. The molecule has 28 heavy (non-hydrogen) atoms. The second-order valence-corrected chi connectivity index (χ2v) is 8.41. The van der Waals surface area contributed by atoms with Crippen LogP contribution in [0.1, 0.15) is 50.7 Å². The largest absolute Gasteiger partial charge is 0.490 e. The van der Waals surface area contributed by atoms with Gasteiger partial charge in [0.2, 0.25) is 6.79 Å². The Hall–Kier alpha value is -2.20. The van der Waals surface area contributed by atoms with Gasteiger partial charge in [0.25, 0.3) is 0 Å². The van der Waals surface area contributed by atoms with Crippen LogP contribution in [0.4, 0.5) is 0 Å². The fourth-order valence-electron chi connectivity index (χ4n) is 4.07. The third-order valence-electron chi connectivity index (χ3n) is 5.91. The molecule has 0 saturated carbocycles. The van der Waals surface area contributed by atoms with Crippen LogP contribution in [0.25, 0.3) is 0 Å². The van der Waals surface area contributed by atoms with E-state index in [1.165, 1.54) is 11.1 Å². The van der Waals surface area contributed by atoms with Crippen molar-refractivity contribution in [3.05, 3.63) is 53.6 Å². The van der Waals surface area contributed by atoms with E-state index in [9.17, 15) is 0 Å². The SMILES string of the molecule is CC(CCc1ccc2c(c1)OCO2)NCC1CC(C(C)C)Oc2ccccc21. The maximum absolute atomic E-state index is 6.22. The van der Waals surface area contributed by atoms with E-state index in [2.05, 4.69) is 62.5 Å². The normalized spacial score (nSPS) is 21.3. The van der Waals surface area contributed by atoms with Gasteiger partial charge in [-0.1, -0.05) is 38.1 Å². The van der Waals surface area contributed by atoms with Crippen LogP contribution in [0.15, 0.2) is 42.5 Å². The molecule has 2 aliphatic heterocycles. The topological polar surface area (TPSA) is 39.7 Å². The fraction of sp³-hybridized carbons (Fsp3) is 0.500. The van der Waals surface area contributed by atoms with Crippen molar-refractivity contribution in [2.24, 2.45) is 5.92 Å². The monoisotopic (exact) mass is 381 g/mol. The molecule has 2 aromatic rings. The molecule has 4 rings (SSSR count). The first-order chi connectivity index (χ1) is 13.6. The molecule has 3 unspecified atom stereocenters. The van der Waals surface area contributed by atoms with Gasteiger partial charge in [-0.05, 0) is 61.4 Å². The minimum absolute atomic E-state index is 0.297. The molecule has 2 aliphatic rings. The van der Waals surface area contributed by atoms with E-state index < -0.39 is 0 Å². The minimum Gasteiger partial charge on any atom is -0.490 e. The molecular formula is C24H31NO3. The van der Waals surface area contributed by atoms with Gasteiger partial charge in [0.1, 0.15) is 11.9 Å². The quantitative estimate of drug-likeness (QED) is 0.739. The van der Waals surface area contributed by atoms with Crippen LogP contribution in [-0.4, -0.2) is 25.5 Å². The predicted molar refractivity (Wildman–Crippen MR) is 111 cm³/mol. The number of hydrogen-bond acceptors (Lipinski definition) is 4. The van der Waals surface area contributed by atoms with Crippen LogP contribution in [0, 0.1) is 5.92 Å². The summed E-state index contributed by atoms with van der Waals surface area (Å²) in [5, 5.41) is 3.76.